The van der Waals surface area contributed by atoms with Crippen LogP contribution >= 0.6 is 0 Å². The molecule has 0 unspecified atom stereocenters. The van der Waals surface area contributed by atoms with Crippen molar-refractivity contribution in [2.45, 2.75) is 44.2 Å². The summed E-state index contributed by atoms with van der Waals surface area (Å²) in [4.78, 5) is 6.83. The van der Waals surface area contributed by atoms with Crippen LogP contribution in [0.5, 0.6) is 0 Å². The highest BCUT2D eigenvalue weighted by molar-refractivity contribution is 5.84. The number of nitrogens with zero attached hydrogens (tertiary/aromatic N) is 2. The van der Waals surface area contributed by atoms with Crippen molar-refractivity contribution in [3.8, 4) is 0 Å². The molecule has 1 aromatic carbocycles. The number of nitrogens with one attached hydrogen (secondary N) is 1. The molecule has 0 bridgehead atoms. The number of benzene rings is 1. The van der Waals surface area contributed by atoms with Crippen LogP contribution in [0.3, 0.4) is 0 Å². The molecular formula is C18H23N3. The van der Waals surface area contributed by atoms with Crippen molar-refractivity contribution in [2.24, 2.45) is 0 Å². The Hall–Kier alpha value is -1.61. The largest absolute Gasteiger partial charge is 0.380 e. The summed E-state index contributed by atoms with van der Waals surface area (Å²) in [6.07, 6.45) is 10.9. The minimum absolute atomic E-state index is 0.617. The first kappa shape index (κ1) is 13.1. The average molecular weight is 281 g/mol. The van der Waals surface area contributed by atoms with Gasteiger partial charge in [0.15, 0.2) is 0 Å². The number of hydrogen-bond acceptors (Lipinski definition) is 3. The average Bonchev–Trinajstić information content (AvgIpc) is 2.51. The minimum atomic E-state index is 0.617. The van der Waals surface area contributed by atoms with Gasteiger partial charge in [0.25, 0.3) is 0 Å². The predicted molar refractivity (Wildman–Crippen MR) is 87.6 cm³/mol. The molecule has 2 aromatic rings. The lowest BCUT2D eigenvalue weighted by molar-refractivity contribution is 0.0788. The topological polar surface area (TPSA) is 28.2 Å². The standard InChI is InChI=1S/C18H23N3/c1-2-4-18(5-3-1)21-12-17(13-21)20-16-7-6-15-11-19-9-8-14(15)10-16/h6-11,17-18,20H,1-5,12-13H2. The number of rotatable bonds is 3. The zero-order valence-corrected chi connectivity index (χ0v) is 12.5. The Balaban J connectivity index is 1.36. The fourth-order valence-corrected chi connectivity index (χ4v) is 3.76. The molecule has 1 saturated carbocycles. The molecule has 0 amide bonds. The molecule has 110 valence electrons. The van der Waals surface area contributed by atoms with Gasteiger partial charge in [0.2, 0.25) is 0 Å². The molecule has 1 aliphatic carbocycles. The third-order valence-electron chi connectivity index (χ3n) is 5.01. The molecule has 2 aliphatic rings. The van der Waals surface area contributed by atoms with E-state index >= 15 is 0 Å². The molecule has 0 atom stereocenters. The van der Waals surface area contributed by atoms with E-state index in [1.807, 2.05) is 12.4 Å². The van der Waals surface area contributed by atoms with Gasteiger partial charge in [-0.3, -0.25) is 9.88 Å². The predicted octanol–water partition coefficient (Wildman–Crippen LogP) is 3.66. The van der Waals surface area contributed by atoms with Gasteiger partial charge < -0.3 is 5.32 Å². The Kier molecular flexibility index (Phi) is 3.52. The second-order valence-electron chi connectivity index (χ2n) is 6.52. The lowest BCUT2D eigenvalue weighted by Gasteiger charge is -2.46. The van der Waals surface area contributed by atoms with E-state index in [0.717, 1.165) is 6.04 Å². The molecule has 1 aliphatic heterocycles. The lowest BCUT2D eigenvalue weighted by atomic mass is 9.91. The van der Waals surface area contributed by atoms with E-state index in [1.54, 1.807) is 0 Å². The second kappa shape index (κ2) is 5.64. The van der Waals surface area contributed by atoms with Crippen LogP contribution in [-0.2, 0) is 0 Å². The van der Waals surface area contributed by atoms with Gasteiger partial charge in [0.05, 0.1) is 6.04 Å². The maximum Gasteiger partial charge on any atom is 0.0515 e. The summed E-state index contributed by atoms with van der Waals surface area (Å²) >= 11 is 0. The third-order valence-corrected chi connectivity index (χ3v) is 5.01. The van der Waals surface area contributed by atoms with Crippen LogP contribution in [0.15, 0.2) is 36.7 Å². The van der Waals surface area contributed by atoms with Crippen LogP contribution in [-0.4, -0.2) is 35.1 Å². The highest BCUT2D eigenvalue weighted by Gasteiger charge is 2.32. The number of anilines is 1. The molecule has 1 aromatic heterocycles. The number of aromatic nitrogens is 1. The van der Waals surface area contributed by atoms with Gasteiger partial charge in [-0.15, -0.1) is 0 Å². The van der Waals surface area contributed by atoms with E-state index in [0.29, 0.717) is 6.04 Å². The van der Waals surface area contributed by atoms with Crippen LogP contribution in [0.2, 0.25) is 0 Å². The fraction of sp³-hybridized carbons (Fsp3) is 0.500. The Morgan fingerprint density at radius 1 is 1.00 bits per heavy atom. The zero-order valence-electron chi connectivity index (χ0n) is 12.5. The molecule has 1 saturated heterocycles. The monoisotopic (exact) mass is 281 g/mol. The first-order valence-corrected chi connectivity index (χ1v) is 8.23. The van der Waals surface area contributed by atoms with Crippen molar-refractivity contribution >= 4 is 16.5 Å². The Bertz CT molecular complexity index is 613. The normalized spacial score (nSPS) is 21.3. The van der Waals surface area contributed by atoms with Crippen molar-refractivity contribution in [1.29, 1.82) is 0 Å². The van der Waals surface area contributed by atoms with E-state index in [1.165, 1.54) is 61.7 Å². The number of pyridine rings is 1. The van der Waals surface area contributed by atoms with Gasteiger partial charge in [0, 0.05) is 42.6 Å². The van der Waals surface area contributed by atoms with E-state index in [4.69, 9.17) is 0 Å². The molecule has 2 fully saturated rings. The summed E-state index contributed by atoms with van der Waals surface area (Å²) in [5.41, 5.74) is 1.24. The van der Waals surface area contributed by atoms with Gasteiger partial charge in [-0.2, -0.15) is 0 Å². The summed E-state index contributed by atoms with van der Waals surface area (Å²) < 4.78 is 0. The van der Waals surface area contributed by atoms with E-state index in [2.05, 4.69) is 39.5 Å². The van der Waals surface area contributed by atoms with Crippen LogP contribution in [0, 0.1) is 0 Å². The molecule has 3 heteroatoms. The smallest absolute Gasteiger partial charge is 0.0515 e. The van der Waals surface area contributed by atoms with E-state index in [9.17, 15) is 0 Å². The van der Waals surface area contributed by atoms with Crippen LogP contribution in [0.4, 0.5) is 5.69 Å². The van der Waals surface area contributed by atoms with Crippen molar-refractivity contribution < 1.29 is 0 Å². The second-order valence-corrected chi connectivity index (χ2v) is 6.52. The van der Waals surface area contributed by atoms with Gasteiger partial charge in [0.1, 0.15) is 0 Å². The first-order valence-electron chi connectivity index (χ1n) is 8.23. The maximum absolute atomic E-state index is 4.17. The molecular weight excluding hydrogens is 258 g/mol. The fourth-order valence-electron chi connectivity index (χ4n) is 3.76. The summed E-state index contributed by atoms with van der Waals surface area (Å²) in [7, 11) is 0. The Morgan fingerprint density at radius 3 is 2.71 bits per heavy atom. The summed E-state index contributed by atoms with van der Waals surface area (Å²) in [6, 6.07) is 10.1. The van der Waals surface area contributed by atoms with Crippen molar-refractivity contribution in [1.82, 2.24) is 9.88 Å². The minimum Gasteiger partial charge on any atom is -0.380 e. The zero-order chi connectivity index (χ0) is 14.1. The molecule has 1 N–H and O–H groups in total. The summed E-state index contributed by atoms with van der Waals surface area (Å²) in [5.74, 6) is 0. The van der Waals surface area contributed by atoms with Crippen LogP contribution in [0.1, 0.15) is 32.1 Å². The lowest BCUT2D eigenvalue weighted by Crippen LogP contribution is -2.58. The van der Waals surface area contributed by atoms with Crippen LogP contribution in [0.25, 0.3) is 10.8 Å². The van der Waals surface area contributed by atoms with E-state index in [-0.39, 0.29) is 0 Å². The molecule has 21 heavy (non-hydrogen) atoms. The molecule has 0 spiro atoms. The number of fused-ring (bicyclic) bond motifs is 1. The van der Waals surface area contributed by atoms with Crippen molar-refractivity contribution in [3.63, 3.8) is 0 Å². The van der Waals surface area contributed by atoms with Crippen molar-refractivity contribution in [2.75, 3.05) is 18.4 Å². The van der Waals surface area contributed by atoms with Gasteiger partial charge in [-0.05, 0) is 36.4 Å². The summed E-state index contributed by atoms with van der Waals surface area (Å²) in [6.45, 7) is 2.41. The van der Waals surface area contributed by atoms with Gasteiger partial charge in [-0.1, -0.05) is 25.3 Å². The SMILES string of the molecule is c1cc2cc(NC3CN(C4CCCCC4)C3)ccc2cn1. The number of likely N-dealkylation sites (tertiary alicyclic amines) is 1. The van der Waals surface area contributed by atoms with Crippen molar-refractivity contribution in [3.05, 3.63) is 36.7 Å². The van der Waals surface area contributed by atoms with Crippen LogP contribution < -0.4 is 5.32 Å². The molecule has 2 heterocycles. The van der Waals surface area contributed by atoms with Gasteiger partial charge >= 0.3 is 0 Å². The molecule has 3 nitrogen and oxygen atoms in total. The maximum atomic E-state index is 4.17. The highest BCUT2D eigenvalue weighted by Crippen LogP contribution is 2.27. The van der Waals surface area contributed by atoms with E-state index < -0.39 is 0 Å². The number of hydrogen-bond donors (Lipinski definition) is 1. The third kappa shape index (κ3) is 2.75. The first-order chi connectivity index (χ1) is 10.4. The summed E-state index contributed by atoms with van der Waals surface area (Å²) in [5, 5.41) is 6.15. The quantitative estimate of drug-likeness (QED) is 0.930. The highest BCUT2D eigenvalue weighted by atomic mass is 15.3. The Labute approximate surface area is 126 Å². The molecule has 4 rings (SSSR count). The Morgan fingerprint density at radius 2 is 1.86 bits per heavy atom. The van der Waals surface area contributed by atoms with Gasteiger partial charge in [-0.25, -0.2) is 0 Å². The molecule has 0 radical (unpaired) electrons.